The molecule has 0 spiro atoms. The molecule has 3 rings (SSSR count). The summed E-state index contributed by atoms with van der Waals surface area (Å²) in [6.45, 7) is 2.93. The summed E-state index contributed by atoms with van der Waals surface area (Å²) in [6.07, 6.45) is 1.28. The summed E-state index contributed by atoms with van der Waals surface area (Å²) in [7, 11) is 0. The first-order valence-corrected chi connectivity index (χ1v) is 13.4. The maximum atomic E-state index is 13.6. The molecule has 2 amide bonds. The van der Waals surface area contributed by atoms with Gasteiger partial charge in [0, 0.05) is 33.9 Å². The average molecular weight is 560 g/mol. The second-order valence-electron chi connectivity index (χ2n) is 7.89. The topological polar surface area (TPSA) is 49.4 Å². The molecule has 0 unspecified atom stereocenters. The molecular formula is C27H28BrClN2O2S. The Hall–Kier alpha value is -2.28. The molecule has 34 heavy (non-hydrogen) atoms. The fourth-order valence-electron chi connectivity index (χ4n) is 3.51. The minimum absolute atomic E-state index is 0.0903. The lowest BCUT2D eigenvalue weighted by molar-refractivity contribution is -0.139. The van der Waals surface area contributed by atoms with Crippen molar-refractivity contribution in [3.05, 3.63) is 99.5 Å². The van der Waals surface area contributed by atoms with Gasteiger partial charge in [0.05, 0.1) is 5.75 Å². The predicted molar refractivity (Wildman–Crippen MR) is 144 cm³/mol. The Morgan fingerprint density at radius 2 is 1.71 bits per heavy atom. The van der Waals surface area contributed by atoms with Crippen LogP contribution in [0.25, 0.3) is 0 Å². The van der Waals surface area contributed by atoms with E-state index in [9.17, 15) is 9.59 Å². The third kappa shape index (κ3) is 8.19. The van der Waals surface area contributed by atoms with E-state index in [0.29, 0.717) is 24.5 Å². The highest BCUT2D eigenvalue weighted by Crippen LogP contribution is 2.23. The van der Waals surface area contributed by atoms with Crippen LogP contribution >= 0.6 is 39.3 Å². The molecule has 0 saturated heterocycles. The third-order valence-corrected chi connectivity index (χ3v) is 6.98. The smallest absolute Gasteiger partial charge is 0.243 e. The fraction of sp³-hybridized carbons (Fsp3) is 0.259. The van der Waals surface area contributed by atoms with Crippen LogP contribution in [0.1, 0.15) is 24.5 Å². The van der Waals surface area contributed by atoms with Crippen molar-refractivity contribution in [2.24, 2.45) is 0 Å². The van der Waals surface area contributed by atoms with E-state index in [2.05, 4.69) is 21.2 Å². The highest BCUT2D eigenvalue weighted by molar-refractivity contribution is 9.10. The Morgan fingerprint density at radius 3 is 2.38 bits per heavy atom. The fourth-order valence-corrected chi connectivity index (χ4v) is 4.87. The van der Waals surface area contributed by atoms with E-state index in [0.717, 1.165) is 26.9 Å². The second kappa shape index (κ2) is 13.6. The van der Waals surface area contributed by atoms with Crippen LogP contribution in [-0.4, -0.2) is 35.1 Å². The summed E-state index contributed by atoms with van der Waals surface area (Å²) in [5.74, 6) is 0.000160. The molecule has 1 N–H and O–H groups in total. The zero-order chi connectivity index (χ0) is 24.3. The molecular weight excluding hydrogens is 532 g/mol. The molecule has 0 aliphatic rings. The second-order valence-corrected chi connectivity index (χ2v) is 10.3. The minimum Gasteiger partial charge on any atom is -0.354 e. The summed E-state index contributed by atoms with van der Waals surface area (Å²) in [5.41, 5.74) is 1.97. The molecule has 4 nitrogen and oxygen atoms in total. The standard InChI is InChI=1S/C27H28BrClN2O2S/c1-2-15-30-27(33)25(17-20-7-4-3-5-8-20)31(18-21-9-6-10-22(28)16-21)26(32)19-34-24-13-11-23(29)12-14-24/h3-14,16,25H,2,15,17-19H2,1H3,(H,30,33)/t25-/m0/s1. The summed E-state index contributed by atoms with van der Waals surface area (Å²) < 4.78 is 0.933. The van der Waals surface area contributed by atoms with Crippen molar-refractivity contribution < 1.29 is 9.59 Å². The van der Waals surface area contributed by atoms with E-state index in [1.807, 2.05) is 85.8 Å². The molecule has 0 fully saturated rings. The molecule has 3 aromatic rings. The van der Waals surface area contributed by atoms with Crippen LogP contribution in [-0.2, 0) is 22.6 Å². The normalized spacial score (nSPS) is 11.6. The van der Waals surface area contributed by atoms with Crippen LogP contribution in [0.15, 0.2) is 88.2 Å². The minimum atomic E-state index is -0.619. The van der Waals surface area contributed by atoms with Gasteiger partial charge < -0.3 is 10.2 Å². The number of amides is 2. The number of hydrogen-bond donors (Lipinski definition) is 1. The van der Waals surface area contributed by atoms with Crippen molar-refractivity contribution in [3.63, 3.8) is 0 Å². The highest BCUT2D eigenvalue weighted by Gasteiger charge is 2.30. The molecule has 7 heteroatoms. The average Bonchev–Trinajstić information content (AvgIpc) is 2.85. The number of thioether (sulfide) groups is 1. The lowest BCUT2D eigenvalue weighted by Crippen LogP contribution is -2.51. The van der Waals surface area contributed by atoms with Gasteiger partial charge in [0.25, 0.3) is 0 Å². The lowest BCUT2D eigenvalue weighted by Gasteiger charge is -2.31. The van der Waals surface area contributed by atoms with E-state index in [1.165, 1.54) is 11.8 Å². The Balaban J connectivity index is 1.88. The first-order valence-electron chi connectivity index (χ1n) is 11.2. The van der Waals surface area contributed by atoms with Crippen molar-refractivity contribution >= 4 is 51.1 Å². The molecule has 178 valence electrons. The van der Waals surface area contributed by atoms with Crippen molar-refractivity contribution in [2.75, 3.05) is 12.3 Å². The predicted octanol–water partition coefficient (Wildman–Crippen LogP) is 6.36. The Kier molecular flexibility index (Phi) is 10.5. The molecule has 1 atom stereocenters. The van der Waals surface area contributed by atoms with Crippen LogP contribution in [0.3, 0.4) is 0 Å². The van der Waals surface area contributed by atoms with Gasteiger partial charge >= 0.3 is 0 Å². The van der Waals surface area contributed by atoms with Crippen LogP contribution in [0, 0.1) is 0 Å². The Morgan fingerprint density at radius 1 is 1.00 bits per heavy atom. The van der Waals surface area contributed by atoms with Crippen LogP contribution in [0.5, 0.6) is 0 Å². The number of carbonyl (C=O) groups excluding carboxylic acids is 2. The van der Waals surface area contributed by atoms with E-state index >= 15 is 0 Å². The summed E-state index contributed by atoms with van der Waals surface area (Å²) in [5, 5.41) is 3.66. The lowest BCUT2D eigenvalue weighted by atomic mass is 10.0. The van der Waals surface area contributed by atoms with Gasteiger partial charge in [-0.2, -0.15) is 0 Å². The maximum absolute atomic E-state index is 13.6. The molecule has 0 saturated carbocycles. The molecule has 0 bridgehead atoms. The van der Waals surface area contributed by atoms with Crippen molar-refractivity contribution in [1.82, 2.24) is 10.2 Å². The highest BCUT2D eigenvalue weighted by atomic mass is 79.9. The van der Waals surface area contributed by atoms with Crippen molar-refractivity contribution in [1.29, 1.82) is 0 Å². The molecule has 3 aromatic carbocycles. The first-order chi connectivity index (χ1) is 16.5. The number of nitrogens with zero attached hydrogens (tertiary/aromatic N) is 1. The van der Waals surface area contributed by atoms with Gasteiger partial charge in [-0.1, -0.05) is 76.9 Å². The summed E-state index contributed by atoms with van der Waals surface area (Å²) in [4.78, 5) is 29.5. The number of nitrogens with one attached hydrogen (secondary N) is 1. The zero-order valence-electron chi connectivity index (χ0n) is 19.0. The van der Waals surface area contributed by atoms with E-state index in [-0.39, 0.29) is 17.6 Å². The van der Waals surface area contributed by atoms with Crippen LogP contribution in [0.4, 0.5) is 0 Å². The quantitative estimate of drug-likeness (QED) is 0.278. The van der Waals surface area contributed by atoms with Crippen molar-refractivity contribution in [2.45, 2.75) is 37.2 Å². The van der Waals surface area contributed by atoms with E-state index in [1.54, 1.807) is 4.90 Å². The number of hydrogen-bond acceptors (Lipinski definition) is 3. The zero-order valence-corrected chi connectivity index (χ0v) is 22.2. The molecule has 0 heterocycles. The molecule has 0 aliphatic heterocycles. The molecule has 0 radical (unpaired) electrons. The summed E-state index contributed by atoms with van der Waals surface area (Å²) in [6, 6.07) is 24.5. The Bertz CT molecular complexity index is 1080. The van der Waals surface area contributed by atoms with Gasteiger partial charge in [0.15, 0.2) is 0 Å². The van der Waals surface area contributed by atoms with E-state index < -0.39 is 6.04 Å². The van der Waals surface area contributed by atoms with Crippen LogP contribution < -0.4 is 5.32 Å². The molecule has 0 aliphatic carbocycles. The molecule has 0 aromatic heterocycles. The van der Waals surface area contributed by atoms with Crippen LogP contribution in [0.2, 0.25) is 5.02 Å². The van der Waals surface area contributed by atoms with Crippen molar-refractivity contribution in [3.8, 4) is 0 Å². The largest absolute Gasteiger partial charge is 0.354 e. The van der Waals surface area contributed by atoms with Gasteiger partial charge in [-0.3, -0.25) is 9.59 Å². The van der Waals surface area contributed by atoms with Gasteiger partial charge in [-0.15, -0.1) is 11.8 Å². The van der Waals surface area contributed by atoms with Gasteiger partial charge in [0.2, 0.25) is 11.8 Å². The Labute approximate surface area is 219 Å². The van der Waals surface area contributed by atoms with Gasteiger partial charge in [0.1, 0.15) is 6.04 Å². The number of rotatable bonds is 11. The number of benzene rings is 3. The van der Waals surface area contributed by atoms with Gasteiger partial charge in [-0.05, 0) is 53.9 Å². The van der Waals surface area contributed by atoms with Gasteiger partial charge in [-0.25, -0.2) is 0 Å². The maximum Gasteiger partial charge on any atom is 0.243 e. The number of carbonyl (C=O) groups is 2. The monoisotopic (exact) mass is 558 g/mol. The van der Waals surface area contributed by atoms with E-state index in [4.69, 9.17) is 11.6 Å². The third-order valence-electron chi connectivity index (χ3n) is 5.24. The SMILES string of the molecule is CCCNC(=O)[C@H](Cc1ccccc1)N(Cc1cccc(Br)c1)C(=O)CSc1ccc(Cl)cc1. The summed E-state index contributed by atoms with van der Waals surface area (Å²) >= 11 is 10.9. The first kappa shape index (κ1) is 26.3. The number of halogens is 2.